The Morgan fingerprint density at radius 2 is 1.81 bits per heavy atom. The maximum atomic E-state index is 14.4. The molecule has 0 saturated heterocycles. The van der Waals surface area contributed by atoms with Gasteiger partial charge in [-0.25, -0.2) is 4.39 Å². The molecule has 112 valence electrons. The molecule has 2 aromatic carbocycles. The van der Waals surface area contributed by atoms with Crippen LogP contribution in [0.3, 0.4) is 0 Å². The molecule has 2 rings (SSSR count). The second kappa shape index (κ2) is 7.09. The van der Waals surface area contributed by atoms with Gasteiger partial charge in [0.2, 0.25) is 0 Å². The molecule has 3 nitrogen and oxygen atoms in total. The topological polar surface area (TPSA) is 30.5 Å². The molecule has 1 unspecified atom stereocenters. The van der Waals surface area contributed by atoms with E-state index in [2.05, 4.69) is 5.32 Å². The van der Waals surface area contributed by atoms with Crippen LogP contribution in [0.4, 0.5) is 4.39 Å². The first-order valence-corrected chi connectivity index (χ1v) is 6.91. The predicted molar refractivity (Wildman–Crippen MR) is 81.5 cm³/mol. The van der Waals surface area contributed by atoms with Crippen LogP contribution >= 0.6 is 0 Å². The van der Waals surface area contributed by atoms with E-state index in [0.717, 1.165) is 11.3 Å². The van der Waals surface area contributed by atoms with Gasteiger partial charge < -0.3 is 14.8 Å². The molecule has 2 aromatic rings. The average molecular weight is 289 g/mol. The van der Waals surface area contributed by atoms with Crippen molar-refractivity contribution in [2.75, 3.05) is 20.8 Å². The molecule has 0 saturated carbocycles. The number of rotatable bonds is 6. The minimum Gasteiger partial charge on any atom is -0.497 e. The van der Waals surface area contributed by atoms with Crippen LogP contribution in [0.25, 0.3) is 0 Å². The normalized spacial score (nSPS) is 12.0. The molecule has 0 amide bonds. The number of hydrogen-bond acceptors (Lipinski definition) is 3. The van der Waals surface area contributed by atoms with Crippen molar-refractivity contribution < 1.29 is 13.9 Å². The summed E-state index contributed by atoms with van der Waals surface area (Å²) >= 11 is 0. The van der Waals surface area contributed by atoms with Gasteiger partial charge in [0.05, 0.1) is 20.3 Å². The van der Waals surface area contributed by atoms with E-state index in [-0.39, 0.29) is 11.9 Å². The molecule has 0 heterocycles. The molecule has 0 bridgehead atoms. The summed E-state index contributed by atoms with van der Waals surface area (Å²) in [5.41, 5.74) is 1.48. The highest BCUT2D eigenvalue weighted by molar-refractivity contribution is 5.43. The van der Waals surface area contributed by atoms with Gasteiger partial charge in [0, 0.05) is 17.2 Å². The van der Waals surface area contributed by atoms with Gasteiger partial charge in [-0.2, -0.15) is 0 Å². The largest absolute Gasteiger partial charge is 0.497 e. The Morgan fingerprint density at radius 1 is 1.05 bits per heavy atom. The quantitative estimate of drug-likeness (QED) is 0.882. The van der Waals surface area contributed by atoms with E-state index in [9.17, 15) is 4.39 Å². The van der Waals surface area contributed by atoms with E-state index in [1.165, 1.54) is 13.2 Å². The van der Waals surface area contributed by atoms with Gasteiger partial charge in [-0.15, -0.1) is 0 Å². The second-order valence-corrected chi connectivity index (χ2v) is 4.62. The molecule has 1 N–H and O–H groups in total. The lowest BCUT2D eigenvalue weighted by atomic mass is 9.97. The van der Waals surface area contributed by atoms with Crippen LogP contribution in [0, 0.1) is 5.82 Å². The molecular weight excluding hydrogens is 269 g/mol. The van der Waals surface area contributed by atoms with E-state index < -0.39 is 0 Å². The third kappa shape index (κ3) is 3.34. The van der Waals surface area contributed by atoms with Crippen LogP contribution in [0.15, 0.2) is 42.5 Å². The van der Waals surface area contributed by atoms with Crippen molar-refractivity contribution in [2.24, 2.45) is 0 Å². The second-order valence-electron chi connectivity index (χ2n) is 4.62. The van der Waals surface area contributed by atoms with Gasteiger partial charge in [-0.3, -0.25) is 0 Å². The highest BCUT2D eigenvalue weighted by atomic mass is 19.1. The fraction of sp³-hybridized carbons (Fsp3) is 0.294. The van der Waals surface area contributed by atoms with Crippen molar-refractivity contribution >= 4 is 0 Å². The Kier molecular flexibility index (Phi) is 5.17. The fourth-order valence-electron chi connectivity index (χ4n) is 2.37. The summed E-state index contributed by atoms with van der Waals surface area (Å²) in [5, 5.41) is 3.31. The molecular formula is C17H20FNO2. The van der Waals surface area contributed by atoms with Gasteiger partial charge in [-0.1, -0.05) is 31.2 Å². The first-order valence-electron chi connectivity index (χ1n) is 6.91. The van der Waals surface area contributed by atoms with Crippen molar-refractivity contribution in [3.05, 3.63) is 59.4 Å². The molecule has 0 radical (unpaired) electrons. The molecule has 0 spiro atoms. The summed E-state index contributed by atoms with van der Waals surface area (Å²) in [5.74, 6) is 0.941. The third-order valence-electron chi connectivity index (χ3n) is 3.38. The van der Waals surface area contributed by atoms with Crippen LogP contribution < -0.4 is 14.8 Å². The summed E-state index contributed by atoms with van der Waals surface area (Å²) in [7, 11) is 3.14. The number of nitrogens with one attached hydrogen (secondary N) is 1. The first kappa shape index (κ1) is 15.3. The Hall–Kier alpha value is -2.07. The Labute approximate surface area is 124 Å². The van der Waals surface area contributed by atoms with Crippen molar-refractivity contribution in [2.45, 2.75) is 13.0 Å². The summed E-state index contributed by atoms with van der Waals surface area (Å²) in [6.45, 7) is 2.71. The molecule has 1 atom stereocenters. The zero-order chi connectivity index (χ0) is 15.2. The molecule has 4 heteroatoms. The molecule has 21 heavy (non-hydrogen) atoms. The van der Waals surface area contributed by atoms with Crippen molar-refractivity contribution in [1.82, 2.24) is 5.32 Å². The lowest BCUT2D eigenvalue weighted by Crippen LogP contribution is -2.23. The highest BCUT2D eigenvalue weighted by Crippen LogP contribution is 2.32. The molecule has 0 aromatic heterocycles. The average Bonchev–Trinajstić information content (AvgIpc) is 2.53. The molecule has 0 fully saturated rings. The third-order valence-corrected chi connectivity index (χ3v) is 3.38. The lowest BCUT2D eigenvalue weighted by molar-refractivity contribution is 0.401. The van der Waals surface area contributed by atoms with Crippen molar-refractivity contribution in [1.29, 1.82) is 0 Å². The van der Waals surface area contributed by atoms with Crippen LogP contribution in [0.2, 0.25) is 0 Å². The van der Waals surface area contributed by atoms with Crippen molar-refractivity contribution in [3.8, 4) is 11.5 Å². The Balaban J connectivity index is 2.48. The van der Waals surface area contributed by atoms with Gasteiger partial charge >= 0.3 is 0 Å². The van der Waals surface area contributed by atoms with Crippen LogP contribution in [0.5, 0.6) is 11.5 Å². The van der Waals surface area contributed by atoms with E-state index in [1.807, 2.05) is 31.2 Å². The number of benzene rings is 2. The summed E-state index contributed by atoms with van der Waals surface area (Å²) in [6.07, 6.45) is 0. The van der Waals surface area contributed by atoms with E-state index in [4.69, 9.17) is 9.47 Å². The number of hydrogen-bond donors (Lipinski definition) is 1. The smallest absolute Gasteiger partial charge is 0.132 e. The van der Waals surface area contributed by atoms with E-state index in [0.29, 0.717) is 17.9 Å². The first-order chi connectivity index (χ1) is 10.2. The molecule has 0 aliphatic heterocycles. The maximum absolute atomic E-state index is 14.4. The summed E-state index contributed by atoms with van der Waals surface area (Å²) < 4.78 is 24.8. The Morgan fingerprint density at radius 3 is 2.43 bits per heavy atom. The number of halogens is 1. The SMILES string of the molecule is CCNC(c1ccc(OC)cc1F)c1ccccc1OC. The standard InChI is InChI=1S/C17H20FNO2/c1-4-19-17(14-7-5-6-8-16(14)21-3)13-10-9-12(20-2)11-15(13)18/h5-11,17,19H,4H2,1-3H3. The summed E-state index contributed by atoms with van der Waals surface area (Å²) in [6, 6.07) is 12.3. The Bertz CT molecular complexity index is 601. The molecule has 0 aliphatic carbocycles. The van der Waals surface area contributed by atoms with Gasteiger partial charge in [0.15, 0.2) is 0 Å². The van der Waals surface area contributed by atoms with E-state index >= 15 is 0 Å². The van der Waals surface area contributed by atoms with Crippen LogP contribution in [0.1, 0.15) is 24.1 Å². The highest BCUT2D eigenvalue weighted by Gasteiger charge is 2.20. The van der Waals surface area contributed by atoms with Gasteiger partial charge in [0.1, 0.15) is 17.3 Å². The number of methoxy groups -OCH3 is 2. The summed E-state index contributed by atoms with van der Waals surface area (Å²) in [4.78, 5) is 0. The number of ether oxygens (including phenoxy) is 2. The maximum Gasteiger partial charge on any atom is 0.132 e. The van der Waals surface area contributed by atoms with Gasteiger partial charge in [0.25, 0.3) is 0 Å². The van der Waals surface area contributed by atoms with E-state index in [1.54, 1.807) is 19.2 Å². The molecule has 0 aliphatic rings. The zero-order valence-corrected chi connectivity index (χ0v) is 12.5. The monoisotopic (exact) mass is 289 g/mol. The minimum absolute atomic E-state index is 0.267. The number of para-hydroxylation sites is 1. The van der Waals surface area contributed by atoms with Crippen molar-refractivity contribution in [3.63, 3.8) is 0 Å². The minimum atomic E-state index is -0.300. The van der Waals surface area contributed by atoms with Gasteiger partial charge in [-0.05, 0) is 18.7 Å². The van der Waals surface area contributed by atoms with Crippen LogP contribution in [-0.4, -0.2) is 20.8 Å². The van der Waals surface area contributed by atoms with Crippen LogP contribution in [-0.2, 0) is 0 Å². The fourth-order valence-corrected chi connectivity index (χ4v) is 2.37. The predicted octanol–water partition coefficient (Wildman–Crippen LogP) is 3.54. The lowest BCUT2D eigenvalue weighted by Gasteiger charge is -2.22. The zero-order valence-electron chi connectivity index (χ0n) is 12.5.